The molecule has 0 bridgehead atoms. The van der Waals surface area contributed by atoms with Crippen molar-refractivity contribution in [2.75, 3.05) is 5.32 Å². The molecule has 0 saturated carbocycles. The second kappa shape index (κ2) is 5.64. The highest BCUT2D eigenvalue weighted by Crippen LogP contribution is 2.18. The lowest BCUT2D eigenvalue weighted by atomic mass is 10.1. The quantitative estimate of drug-likeness (QED) is 0.683. The highest BCUT2D eigenvalue weighted by Gasteiger charge is 2.09. The van der Waals surface area contributed by atoms with E-state index >= 15 is 0 Å². The first-order chi connectivity index (χ1) is 9.45. The Morgan fingerprint density at radius 1 is 1.20 bits per heavy atom. The summed E-state index contributed by atoms with van der Waals surface area (Å²) in [4.78, 5) is 9.98. The fraction of sp³-hybridized carbons (Fsp3) is 0.143. The minimum absolute atomic E-state index is 0.168. The summed E-state index contributed by atoms with van der Waals surface area (Å²) >= 11 is 0. The van der Waals surface area contributed by atoms with Gasteiger partial charge in [-0.05, 0) is 36.2 Å². The zero-order valence-corrected chi connectivity index (χ0v) is 10.7. The summed E-state index contributed by atoms with van der Waals surface area (Å²) < 4.78 is 26.6. The van der Waals surface area contributed by atoms with Crippen LogP contribution in [-0.2, 0) is 6.54 Å². The van der Waals surface area contributed by atoms with Crippen LogP contribution in [0.4, 0.5) is 20.2 Å². The van der Waals surface area contributed by atoms with Crippen molar-refractivity contribution in [1.82, 2.24) is 0 Å². The highest BCUT2D eigenvalue weighted by molar-refractivity contribution is 5.46. The molecular weight excluding hydrogens is 266 g/mol. The normalized spacial score (nSPS) is 10.3. The molecule has 0 aliphatic carbocycles. The van der Waals surface area contributed by atoms with E-state index in [1.165, 1.54) is 18.2 Å². The van der Waals surface area contributed by atoms with Crippen molar-refractivity contribution in [3.05, 3.63) is 69.3 Å². The lowest BCUT2D eigenvalue weighted by molar-refractivity contribution is -0.385. The summed E-state index contributed by atoms with van der Waals surface area (Å²) in [6.07, 6.45) is 0. The maximum atomic E-state index is 13.3. The summed E-state index contributed by atoms with van der Waals surface area (Å²) in [5, 5.41) is 13.5. The molecule has 0 amide bonds. The lowest BCUT2D eigenvalue weighted by Crippen LogP contribution is -2.01. The molecule has 6 heteroatoms. The van der Waals surface area contributed by atoms with Crippen molar-refractivity contribution >= 4 is 11.4 Å². The molecule has 104 valence electrons. The van der Waals surface area contributed by atoms with Gasteiger partial charge in [-0.25, -0.2) is 8.78 Å². The molecule has 0 aliphatic heterocycles. The summed E-state index contributed by atoms with van der Waals surface area (Å²) in [6.45, 7) is 1.82. The van der Waals surface area contributed by atoms with Gasteiger partial charge in [-0.15, -0.1) is 0 Å². The molecule has 2 aromatic rings. The standard InChI is InChI=1S/C14H12F2N2O2/c1-9-2-3-12(7-14(9)16)17-8-10-4-11(15)6-13(5-10)18(19)20/h2-7,17H,8H2,1H3. The Labute approximate surface area is 114 Å². The molecule has 0 atom stereocenters. The Bertz CT molecular complexity index is 660. The SMILES string of the molecule is Cc1ccc(NCc2cc(F)cc([N+](=O)[O-])c2)cc1F. The maximum Gasteiger partial charge on any atom is 0.272 e. The second-order valence-corrected chi connectivity index (χ2v) is 4.39. The molecule has 0 spiro atoms. The van der Waals surface area contributed by atoms with E-state index in [0.717, 1.165) is 6.07 Å². The summed E-state index contributed by atoms with van der Waals surface area (Å²) in [5.74, 6) is -1.02. The van der Waals surface area contributed by atoms with Crippen LogP contribution in [0.1, 0.15) is 11.1 Å². The molecule has 0 aliphatic rings. The van der Waals surface area contributed by atoms with Gasteiger partial charge in [0.1, 0.15) is 11.6 Å². The van der Waals surface area contributed by atoms with Crippen LogP contribution in [0.3, 0.4) is 0 Å². The van der Waals surface area contributed by atoms with Crippen molar-refractivity contribution in [1.29, 1.82) is 0 Å². The van der Waals surface area contributed by atoms with Crippen LogP contribution < -0.4 is 5.32 Å². The molecule has 0 unspecified atom stereocenters. The van der Waals surface area contributed by atoms with Crippen LogP contribution in [0.5, 0.6) is 0 Å². The fourth-order valence-electron chi connectivity index (χ4n) is 1.75. The number of benzene rings is 2. The van der Waals surface area contributed by atoms with E-state index in [4.69, 9.17) is 0 Å². The molecule has 0 saturated heterocycles. The number of nitro benzene ring substituents is 1. The smallest absolute Gasteiger partial charge is 0.272 e. The predicted molar refractivity (Wildman–Crippen MR) is 71.5 cm³/mol. The predicted octanol–water partition coefficient (Wildman–Crippen LogP) is 3.79. The largest absolute Gasteiger partial charge is 0.381 e. The first-order valence-corrected chi connectivity index (χ1v) is 5.89. The Morgan fingerprint density at radius 2 is 1.95 bits per heavy atom. The van der Waals surface area contributed by atoms with Gasteiger partial charge in [0.25, 0.3) is 5.69 Å². The molecule has 0 aromatic heterocycles. The van der Waals surface area contributed by atoms with Crippen LogP contribution in [-0.4, -0.2) is 4.92 Å². The molecule has 1 N–H and O–H groups in total. The van der Waals surface area contributed by atoms with Crippen molar-refractivity contribution in [2.45, 2.75) is 13.5 Å². The molecule has 0 heterocycles. The Balaban J connectivity index is 2.14. The summed E-state index contributed by atoms with van der Waals surface area (Å²) in [6, 6.07) is 7.96. The Morgan fingerprint density at radius 3 is 2.60 bits per heavy atom. The fourth-order valence-corrected chi connectivity index (χ4v) is 1.75. The molecule has 4 nitrogen and oxygen atoms in total. The molecular formula is C14H12F2N2O2. The molecule has 0 radical (unpaired) electrons. The van der Waals surface area contributed by atoms with Gasteiger partial charge in [-0.2, -0.15) is 0 Å². The van der Waals surface area contributed by atoms with Gasteiger partial charge in [-0.1, -0.05) is 6.07 Å². The minimum atomic E-state index is -0.675. The second-order valence-electron chi connectivity index (χ2n) is 4.39. The number of nitro groups is 1. The van der Waals surface area contributed by atoms with Gasteiger partial charge < -0.3 is 5.32 Å². The number of nitrogens with zero attached hydrogens (tertiary/aromatic N) is 1. The van der Waals surface area contributed by atoms with E-state index in [1.807, 2.05) is 0 Å². The third-order valence-electron chi connectivity index (χ3n) is 2.82. The Kier molecular flexibility index (Phi) is 3.93. The van der Waals surface area contributed by atoms with Gasteiger partial charge in [0.15, 0.2) is 0 Å². The number of rotatable bonds is 4. The van der Waals surface area contributed by atoms with E-state index in [0.29, 0.717) is 16.8 Å². The number of hydrogen-bond donors (Lipinski definition) is 1. The first kappa shape index (κ1) is 13.9. The molecule has 2 aromatic carbocycles. The number of nitrogens with one attached hydrogen (secondary N) is 1. The minimum Gasteiger partial charge on any atom is -0.381 e. The third kappa shape index (κ3) is 3.28. The zero-order valence-electron chi connectivity index (χ0n) is 10.7. The number of aryl methyl sites for hydroxylation is 1. The van der Waals surface area contributed by atoms with Crippen LogP contribution in [0.25, 0.3) is 0 Å². The monoisotopic (exact) mass is 278 g/mol. The van der Waals surface area contributed by atoms with Gasteiger partial charge >= 0.3 is 0 Å². The molecule has 20 heavy (non-hydrogen) atoms. The van der Waals surface area contributed by atoms with Crippen molar-refractivity contribution in [3.63, 3.8) is 0 Å². The highest BCUT2D eigenvalue weighted by atomic mass is 19.1. The van der Waals surface area contributed by atoms with Crippen LogP contribution >= 0.6 is 0 Å². The molecule has 2 rings (SSSR count). The Hall–Kier alpha value is -2.50. The van der Waals surface area contributed by atoms with E-state index in [1.54, 1.807) is 19.1 Å². The zero-order chi connectivity index (χ0) is 14.7. The molecule has 0 fully saturated rings. The van der Waals surface area contributed by atoms with Crippen LogP contribution in [0.2, 0.25) is 0 Å². The van der Waals surface area contributed by atoms with Crippen LogP contribution in [0.15, 0.2) is 36.4 Å². The van der Waals surface area contributed by atoms with Gasteiger partial charge in [0.05, 0.1) is 11.0 Å². The van der Waals surface area contributed by atoms with Crippen LogP contribution in [0, 0.1) is 28.7 Å². The van der Waals surface area contributed by atoms with Gasteiger partial charge in [0.2, 0.25) is 0 Å². The summed E-state index contributed by atoms with van der Waals surface area (Å²) in [5.41, 5.74) is 1.16. The average Bonchev–Trinajstić information content (AvgIpc) is 2.39. The van der Waals surface area contributed by atoms with E-state index < -0.39 is 10.7 Å². The van der Waals surface area contributed by atoms with E-state index in [9.17, 15) is 18.9 Å². The average molecular weight is 278 g/mol. The van der Waals surface area contributed by atoms with E-state index in [2.05, 4.69) is 5.32 Å². The number of hydrogen-bond acceptors (Lipinski definition) is 3. The topological polar surface area (TPSA) is 55.2 Å². The van der Waals surface area contributed by atoms with Crippen molar-refractivity contribution in [3.8, 4) is 0 Å². The first-order valence-electron chi connectivity index (χ1n) is 5.89. The van der Waals surface area contributed by atoms with Crippen molar-refractivity contribution in [2.24, 2.45) is 0 Å². The lowest BCUT2D eigenvalue weighted by Gasteiger charge is -2.08. The number of halogens is 2. The van der Waals surface area contributed by atoms with Crippen molar-refractivity contribution < 1.29 is 13.7 Å². The van der Waals surface area contributed by atoms with Gasteiger partial charge in [-0.3, -0.25) is 10.1 Å². The number of anilines is 1. The van der Waals surface area contributed by atoms with Gasteiger partial charge in [0, 0.05) is 18.3 Å². The van der Waals surface area contributed by atoms with E-state index in [-0.39, 0.29) is 18.0 Å². The summed E-state index contributed by atoms with van der Waals surface area (Å²) in [7, 11) is 0. The number of non-ortho nitro benzene ring substituents is 1. The maximum absolute atomic E-state index is 13.3. The third-order valence-corrected chi connectivity index (χ3v) is 2.82.